The van der Waals surface area contributed by atoms with E-state index in [1.807, 2.05) is 52.0 Å². The van der Waals surface area contributed by atoms with Crippen molar-refractivity contribution in [3.8, 4) is 0 Å². The summed E-state index contributed by atoms with van der Waals surface area (Å²) in [5.74, 6) is -0.551. The van der Waals surface area contributed by atoms with Gasteiger partial charge in [-0.2, -0.15) is 0 Å². The number of carbonyl (C=O) groups excluding carboxylic acids is 3. The van der Waals surface area contributed by atoms with Crippen LogP contribution in [0.3, 0.4) is 0 Å². The zero-order valence-electron chi connectivity index (χ0n) is 16.6. The molecule has 0 saturated heterocycles. The normalized spacial score (nSPS) is 12.2. The lowest BCUT2D eigenvalue weighted by molar-refractivity contribution is -0.862. The van der Waals surface area contributed by atoms with Crippen LogP contribution in [0.25, 0.3) is 0 Å². The molecule has 0 aliphatic heterocycles. The average Bonchev–Trinajstić information content (AvgIpc) is 2.47. The molecule has 0 aromatic heterocycles. The molecule has 0 aliphatic rings. The summed E-state index contributed by atoms with van der Waals surface area (Å²) in [7, 11) is 3.36. The Hall–Kier alpha value is -2.41. The van der Waals surface area contributed by atoms with Crippen LogP contribution in [-0.2, 0) is 14.4 Å². The van der Waals surface area contributed by atoms with Crippen molar-refractivity contribution in [2.75, 3.05) is 39.0 Å². The summed E-state index contributed by atoms with van der Waals surface area (Å²) in [6.45, 7) is 7.94. The third-order valence-corrected chi connectivity index (χ3v) is 3.57. The summed E-state index contributed by atoms with van der Waals surface area (Å²) in [5.41, 5.74) is 1.52. The van der Waals surface area contributed by atoms with Gasteiger partial charge in [-0.05, 0) is 39.8 Å². The van der Waals surface area contributed by atoms with Crippen LogP contribution in [0.4, 0.5) is 5.69 Å². The molecule has 3 amide bonds. The Kier molecular flexibility index (Phi) is 7.76. The Morgan fingerprint density at radius 3 is 2.15 bits per heavy atom. The van der Waals surface area contributed by atoms with Crippen LogP contribution in [0.15, 0.2) is 24.3 Å². The predicted octanol–water partition coefficient (Wildman–Crippen LogP) is -0.179. The minimum absolute atomic E-state index is 0.00105. The maximum atomic E-state index is 12.2. The third kappa shape index (κ3) is 8.62. The number of hydrogen-bond acceptors (Lipinski definition) is 3. The number of rotatable bonds is 7. The van der Waals surface area contributed by atoms with E-state index in [1.54, 1.807) is 14.1 Å². The Labute approximate surface area is 155 Å². The first-order chi connectivity index (χ1) is 12.0. The fraction of sp³-hybridized carbons (Fsp3) is 0.526. The summed E-state index contributed by atoms with van der Waals surface area (Å²) >= 11 is 0. The van der Waals surface area contributed by atoms with Crippen molar-refractivity contribution in [3.63, 3.8) is 0 Å². The van der Waals surface area contributed by atoms with E-state index in [0.717, 1.165) is 16.2 Å². The molecule has 1 atom stereocenters. The molecule has 0 radical (unpaired) electrons. The maximum absolute atomic E-state index is 12.2. The van der Waals surface area contributed by atoms with Gasteiger partial charge in [-0.1, -0.05) is 17.7 Å². The molecule has 1 rings (SSSR count). The van der Waals surface area contributed by atoms with E-state index in [2.05, 4.69) is 10.6 Å². The molecule has 0 heterocycles. The fourth-order valence-corrected chi connectivity index (χ4v) is 2.33. The number of benzene rings is 1. The molecule has 0 aliphatic carbocycles. The number of quaternary nitrogens is 1. The Bertz CT molecular complexity index is 635. The molecule has 7 nitrogen and oxygen atoms in total. The van der Waals surface area contributed by atoms with Gasteiger partial charge in [0, 0.05) is 18.3 Å². The lowest BCUT2D eigenvalue weighted by Gasteiger charge is -2.24. The zero-order valence-corrected chi connectivity index (χ0v) is 16.6. The first-order valence-electron chi connectivity index (χ1n) is 8.69. The second-order valence-electron chi connectivity index (χ2n) is 7.77. The van der Waals surface area contributed by atoms with Crippen molar-refractivity contribution in [1.29, 1.82) is 0 Å². The van der Waals surface area contributed by atoms with Crippen LogP contribution in [0.2, 0.25) is 0 Å². The van der Waals surface area contributed by atoms with Gasteiger partial charge in [0.15, 0.2) is 13.1 Å². The van der Waals surface area contributed by atoms with E-state index in [1.165, 1.54) is 4.90 Å². The number of likely N-dealkylation sites (N-methyl/N-ethyl adjacent to an activating group) is 2. The van der Waals surface area contributed by atoms with E-state index < -0.39 is 0 Å². The molecular weight excluding hydrogens is 332 g/mol. The molecule has 1 unspecified atom stereocenters. The van der Waals surface area contributed by atoms with Crippen LogP contribution in [0.5, 0.6) is 0 Å². The van der Waals surface area contributed by atoms with Gasteiger partial charge in [-0.15, -0.1) is 0 Å². The number of hydrogen-bond donors (Lipinski definition) is 3. The van der Waals surface area contributed by atoms with Crippen LogP contribution < -0.4 is 15.5 Å². The average molecular weight is 363 g/mol. The monoisotopic (exact) mass is 363 g/mol. The highest BCUT2D eigenvalue weighted by Crippen LogP contribution is 2.07. The van der Waals surface area contributed by atoms with Crippen LogP contribution >= 0.6 is 0 Å². The molecule has 1 aromatic rings. The molecule has 26 heavy (non-hydrogen) atoms. The highest BCUT2D eigenvalue weighted by atomic mass is 16.2. The molecule has 144 valence electrons. The summed E-state index contributed by atoms with van der Waals surface area (Å²) in [5, 5.41) is 5.63. The largest absolute Gasteiger partial charge is 0.350 e. The van der Waals surface area contributed by atoms with Gasteiger partial charge in [0.05, 0.1) is 13.6 Å². The molecule has 0 spiro atoms. The van der Waals surface area contributed by atoms with Crippen molar-refractivity contribution in [3.05, 3.63) is 29.8 Å². The van der Waals surface area contributed by atoms with Crippen LogP contribution in [0.1, 0.15) is 26.3 Å². The number of aryl methyl sites for hydroxylation is 1. The smallest absolute Gasteiger partial charge is 0.279 e. The van der Waals surface area contributed by atoms with Gasteiger partial charge in [0.2, 0.25) is 5.91 Å². The molecule has 7 heteroatoms. The van der Waals surface area contributed by atoms with E-state index in [9.17, 15) is 14.4 Å². The standard InChI is InChI=1S/C19H30N4O3/c1-14-7-9-15(10-8-14)20-16(24)11-22(5)13-18(26)23(6)12-17(25)21-19(2,3)4/h7-10H,11-13H2,1-6H3,(H,20,24)(H,21,25)/p+1. The van der Waals surface area contributed by atoms with Gasteiger partial charge in [0.1, 0.15) is 0 Å². The zero-order chi connectivity index (χ0) is 19.9. The van der Waals surface area contributed by atoms with E-state index in [0.29, 0.717) is 0 Å². The Morgan fingerprint density at radius 1 is 1.04 bits per heavy atom. The van der Waals surface area contributed by atoms with Crippen molar-refractivity contribution in [2.45, 2.75) is 33.2 Å². The second-order valence-corrected chi connectivity index (χ2v) is 7.77. The first kappa shape index (κ1) is 21.6. The molecule has 0 bridgehead atoms. The van der Waals surface area contributed by atoms with E-state index >= 15 is 0 Å². The summed E-state index contributed by atoms with van der Waals surface area (Å²) in [6.07, 6.45) is 0. The summed E-state index contributed by atoms with van der Waals surface area (Å²) in [4.78, 5) is 38.3. The molecular formula is C19H31N4O3+. The van der Waals surface area contributed by atoms with Gasteiger partial charge in [-0.25, -0.2) is 0 Å². The van der Waals surface area contributed by atoms with Gasteiger partial charge >= 0.3 is 0 Å². The van der Waals surface area contributed by atoms with Gasteiger partial charge < -0.3 is 20.4 Å². The molecule has 3 N–H and O–H groups in total. The fourth-order valence-electron chi connectivity index (χ4n) is 2.33. The second kappa shape index (κ2) is 9.33. The van der Waals surface area contributed by atoms with Crippen molar-refractivity contribution >= 4 is 23.4 Å². The van der Waals surface area contributed by atoms with Gasteiger partial charge in [-0.3, -0.25) is 14.4 Å². The number of anilines is 1. The quantitative estimate of drug-likeness (QED) is 0.629. The lowest BCUT2D eigenvalue weighted by Crippen LogP contribution is -3.11. The van der Waals surface area contributed by atoms with Gasteiger partial charge in [0.25, 0.3) is 11.8 Å². The van der Waals surface area contributed by atoms with Crippen LogP contribution in [0, 0.1) is 6.92 Å². The van der Waals surface area contributed by atoms with Crippen molar-refractivity contribution < 1.29 is 19.3 Å². The number of amides is 3. The Balaban J connectivity index is 2.41. The lowest BCUT2D eigenvalue weighted by atomic mass is 10.1. The highest BCUT2D eigenvalue weighted by molar-refractivity contribution is 5.91. The Morgan fingerprint density at radius 2 is 1.62 bits per heavy atom. The van der Waals surface area contributed by atoms with Crippen molar-refractivity contribution in [2.24, 2.45) is 0 Å². The number of carbonyl (C=O) groups is 3. The van der Waals surface area contributed by atoms with E-state index in [4.69, 9.17) is 0 Å². The SMILES string of the molecule is Cc1ccc(NC(=O)C[NH+](C)CC(=O)N(C)CC(=O)NC(C)(C)C)cc1. The molecule has 0 saturated carbocycles. The summed E-state index contributed by atoms with van der Waals surface area (Å²) < 4.78 is 0. The number of nitrogens with zero attached hydrogens (tertiary/aromatic N) is 1. The minimum Gasteiger partial charge on any atom is -0.350 e. The van der Waals surface area contributed by atoms with E-state index in [-0.39, 0.29) is 42.9 Å². The minimum atomic E-state index is -0.336. The van der Waals surface area contributed by atoms with Crippen LogP contribution in [-0.4, -0.2) is 61.9 Å². The first-order valence-corrected chi connectivity index (χ1v) is 8.69. The molecule has 1 aromatic carbocycles. The maximum Gasteiger partial charge on any atom is 0.279 e. The predicted molar refractivity (Wildman–Crippen MR) is 102 cm³/mol. The summed E-state index contributed by atoms with van der Waals surface area (Å²) in [6, 6.07) is 7.53. The third-order valence-electron chi connectivity index (χ3n) is 3.57. The topological polar surface area (TPSA) is 83.0 Å². The number of nitrogens with one attached hydrogen (secondary N) is 3. The van der Waals surface area contributed by atoms with Crippen molar-refractivity contribution in [1.82, 2.24) is 10.2 Å². The highest BCUT2D eigenvalue weighted by Gasteiger charge is 2.21. The molecule has 0 fully saturated rings.